The minimum atomic E-state index is -0.346. The first-order valence-electron chi connectivity index (χ1n) is 8.79. The molecule has 0 heterocycles. The number of benzene rings is 2. The molecule has 2 atom stereocenters. The number of ether oxygens (including phenoxy) is 2. The summed E-state index contributed by atoms with van der Waals surface area (Å²) >= 11 is 5.61. The van der Waals surface area contributed by atoms with E-state index in [2.05, 4.69) is 6.07 Å². The molecule has 2 aromatic rings. The number of para-hydroxylation sites is 1. The van der Waals surface area contributed by atoms with E-state index in [-0.39, 0.29) is 23.9 Å². The number of hydrogen-bond donors (Lipinski definition) is 0. The fraction of sp³-hybridized carbons (Fsp3) is 0.381. The molecule has 1 aliphatic rings. The van der Waals surface area contributed by atoms with Crippen LogP contribution in [0.5, 0.6) is 5.75 Å². The quantitative estimate of drug-likeness (QED) is 0.534. The van der Waals surface area contributed by atoms with Crippen LogP contribution in [0.2, 0.25) is 0 Å². The third-order valence-electron chi connectivity index (χ3n) is 4.65. The smallest absolute Gasteiger partial charge is 0.321 e. The van der Waals surface area contributed by atoms with Gasteiger partial charge in [-0.2, -0.15) is 0 Å². The monoisotopic (exact) mass is 358 g/mol. The lowest BCUT2D eigenvalue weighted by molar-refractivity contribution is -0.148. The van der Waals surface area contributed by atoms with E-state index in [1.54, 1.807) is 0 Å². The van der Waals surface area contributed by atoms with Crippen LogP contribution in [-0.2, 0) is 16.1 Å². The van der Waals surface area contributed by atoms with Crippen molar-refractivity contribution in [2.24, 2.45) is 0 Å². The fourth-order valence-corrected chi connectivity index (χ4v) is 3.51. The average molecular weight is 359 g/mol. The molecular weight excluding hydrogens is 336 g/mol. The van der Waals surface area contributed by atoms with Gasteiger partial charge in [-0.15, -0.1) is 11.6 Å². The maximum Gasteiger partial charge on any atom is 0.321 e. The summed E-state index contributed by atoms with van der Waals surface area (Å²) in [5.41, 5.74) is 2.25. The average Bonchev–Trinajstić information content (AvgIpc) is 2.68. The molecule has 1 aliphatic carbocycles. The lowest BCUT2D eigenvalue weighted by Crippen LogP contribution is -2.29. The van der Waals surface area contributed by atoms with E-state index in [9.17, 15) is 4.79 Å². The van der Waals surface area contributed by atoms with Gasteiger partial charge in [0.05, 0.1) is 0 Å². The van der Waals surface area contributed by atoms with E-state index in [0.29, 0.717) is 6.61 Å². The molecule has 0 N–H and O–H groups in total. The van der Waals surface area contributed by atoms with Crippen molar-refractivity contribution in [3.8, 4) is 5.75 Å². The Balaban J connectivity index is 1.77. The summed E-state index contributed by atoms with van der Waals surface area (Å²) in [6.45, 7) is 0.525. The highest BCUT2D eigenvalue weighted by Crippen LogP contribution is 2.39. The molecule has 3 nitrogen and oxygen atoms in total. The van der Waals surface area contributed by atoms with E-state index >= 15 is 0 Å². The number of esters is 1. The number of carbonyl (C=O) groups excluding carboxylic acids is 1. The van der Waals surface area contributed by atoms with Gasteiger partial charge in [-0.05, 0) is 30.9 Å². The van der Waals surface area contributed by atoms with Crippen molar-refractivity contribution in [2.45, 2.75) is 44.3 Å². The number of halogens is 1. The molecule has 0 spiro atoms. The highest BCUT2D eigenvalue weighted by atomic mass is 35.5. The van der Waals surface area contributed by atoms with Gasteiger partial charge in [-0.25, -0.2) is 0 Å². The summed E-state index contributed by atoms with van der Waals surface area (Å²) in [5, 5.41) is 0. The molecule has 0 bridgehead atoms. The molecule has 3 rings (SSSR count). The Morgan fingerprint density at radius 1 is 1.00 bits per heavy atom. The molecular formula is C21H23ClO3. The van der Waals surface area contributed by atoms with Gasteiger partial charge in [-0.1, -0.05) is 55.0 Å². The first kappa shape index (κ1) is 17.8. The maximum atomic E-state index is 11.7. The Morgan fingerprint density at radius 2 is 1.72 bits per heavy atom. The van der Waals surface area contributed by atoms with Crippen LogP contribution in [0.1, 0.15) is 42.7 Å². The molecule has 25 heavy (non-hydrogen) atoms. The zero-order chi connectivity index (χ0) is 17.5. The molecule has 0 amide bonds. The predicted octanol–water partition coefficient (Wildman–Crippen LogP) is 5.07. The summed E-state index contributed by atoms with van der Waals surface area (Å²) in [4.78, 5) is 11.7. The number of rotatable bonds is 6. The number of alkyl halides is 1. The van der Waals surface area contributed by atoms with Crippen LogP contribution in [0.15, 0.2) is 54.6 Å². The zero-order valence-corrected chi connectivity index (χ0v) is 15.0. The Kier molecular flexibility index (Phi) is 6.35. The molecule has 1 fully saturated rings. The van der Waals surface area contributed by atoms with Crippen LogP contribution >= 0.6 is 11.6 Å². The van der Waals surface area contributed by atoms with E-state index in [1.165, 1.54) is 0 Å². The van der Waals surface area contributed by atoms with Gasteiger partial charge < -0.3 is 9.47 Å². The van der Waals surface area contributed by atoms with Crippen LogP contribution in [-0.4, -0.2) is 18.0 Å². The van der Waals surface area contributed by atoms with Crippen LogP contribution in [0.3, 0.4) is 0 Å². The molecule has 4 heteroatoms. The summed E-state index contributed by atoms with van der Waals surface area (Å²) in [6.07, 6.45) is 3.95. The number of hydrogen-bond acceptors (Lipinski definition) is 3. The van der Waals surface area contributed by atoms with Gasteiger partial charge >= 0.3 is 5.97 Å². The van der Waals surface area contributed by atoms with Crippen molar-refractivity contribution in [3.63, 3.8) is 0 Å². The largest absolute Gasteiger partial charge is 0.489 e. The highest BCUT2D eigenvalue weighted by molar-refractivity contribution is 6.26. The standard InChI is InChI=1S/C21H23ClO3/c22-14-21(23)25-20-13-7-5-11-18(20)17-10-4-6-12-19(17)24-15-16-8-2-1-3-9-16/h1-4,6,8-10,12,18,20H,5,7,11,13-15H2. The Bertz CT molecular complexity index is 687. The fourth-order valence-electron chi connectivity index (χ4n) is 3.45. The van der Waals surface area contributed by atoms with Gasteiger partial charge in [0.2, 0.25) is 0 Å². The van der Waals surface area contributed by atoms with E-state index < -0.39 is 0 Å². The van der Waals surface area contributed by atoms with Crippen molar-refractivity contribution < 1.29 is 14.3 Å². The van der Waals surface area contributed by atoms with E-state index in [0.717, 1.165) is 42.6 Å². The topological polar surface area (TPSA) is 35.5 Å². The van der Waals surface area contributed by atoms with Crippen LogP contribution in [0.25, 0.3) is 0 Å². The molecule has 0 saturated heterocycles. The van der Waals surface area contributed by atoms with Crippen molar-refractivity contribution in [3.05, 3.63) is 65.7 Å². The zero-order valence-electron chi connectivity index (χ0n) is 14.2. The third-order valence-corrected chi connectivity index (χ3v) is 4.87. The van der Waals surface area contributed by atoms with Gasteiger partial charge in [0, 0.05) is 11.5 Å². The minimum absolute atomic E-state index is 0.102. The summed E-state index contributed by atoms with van der Waals surface area (Å²) in [6, 6.07) is 18.2. The van der Waals surface area contributed by atoms with Gasteiger partial charge in [-0.3, -0.25) is 4.79 Å². The van der Waals surface area contributed by atoms with Crippen molar-refractivity contribution in [1.82, 2.24) is 0 Å². The molecule has 0 aromatic heterocycles. The van der Waals surface area contributed by atoms with Gasteiger partial charge in [0.1, 0.15) is 24.3 Å². The first-order valence-corrected chi connectivity index (χ1v) is 9.32. The van der Waals surface area contributed by atoms with Crippen LogP contribution < -0.4 is 4.74 Å². The molecule has 1 saturated carbocycles. The van der Waals surface area contributed by atoms with Crippen molar-refractivity contribution >= 4 is 17.6 Å². The molecule has 132 valence electrons. The lowest BCUT2D eigenvalue weighted by atomic mass is 9.81. The summed E-state index contributed by atoms with van der Waals surface area (Å²) in [7, 11) is 0. The maximum absolute atomic E-state index is 11.7. The first-order chi connectivity index (χ1) is 12.3. The Labute approximate surface area is 153 Å². The second kappa shape index (κ2) is 8.91. The Hall–Kier alpha value is -2.00. The third kappa shape index (κ3) is 4.76. The SMILES string of the molecule is O=C(CCl)OC1CCCCC1c1ccccc1OCc1ccccc1. The van der Waals surface area contributed by atoms with E-state index in [1.807, 2.05) is 48.5 Å². The second-order valence-electron chi connectivity index (χ2n) is 6.36. The van der Waals surface area contributed by atoms with Gasteiger partial charge in [0.25, 0.3) is 0 Å². The summed E-state index contributed by atoms with van der Waals surface area (Å²) < 4.78 is 11.7. The minimum Gasteiger partial charge on any atom is -0.489 e. The van der Waals surface area contributed by atoms with Crippen LogP contribution in [0.4, 0.5) is 0 Å². The lowest BCUT2D eigenvalue weighted by Gasteiger charge is -2.32. The number of carbonyl (C=O) groups is 1. The molecule has 2 aromatic carbocycles. The molecule has 2 unspecified atom stereocenters. The second-order valence-corrected chi connectivity index (χ2v) is 6.63. The molecule has 0 aliphatic heterocycles. The summed E-state index contributed by atoms with van der Waals surface area (Å²) in [5.74, 6) is 0.578. The van der Waals surface area contributed by atoms with Gasteiger partial charge in [0.15, 0.2) is 0 Å². The van der Waals surface area contributed by atoms with E-state index in [4.69, 9.17) is 21.1 Å². The van der Waals surface area contributed by atoms with Crippen molar-refractivity contribution in [2.75, 3.05) is 5.88 Å². The Morgan fingerprint density at radius 3 is 2.52 bits per heavy atom. The normalized spacial score (nSPS) is 20.0. The highest BCUT2D eigenvalue weighted by Gasteiger charge is 2.31. The van der Waals surface area contributed by atoms with Crippen molar-refractivity contribution in [1.29, 1.82) is 0 Å². The molecule has 0 radical (unpaired) electrons. The predicted molar refractivity (Wildman–Crippen MR) is 99.0 cm³/mol. The van der Waals surface area contributed by atoms with Crippen LogP contribution in [0, 0.1) is 0 Å².